The van der Waals surface area contributed by atoms with Crippen molar-refractivity contribution >= 4 is 51.5 Å². The number of carbonyl (C=O) groups is 1. The summed E-state index contributed by atoms with van der Waals surface area (Å²) in [6, 6.07) is 46.3. The van der Waals surface area contributed by atoms with Gasteiger partial charge in [0.2, 0.25) is 5.91 Å². The average Bonchev–Trinajstić information content (AvgIpc) is 4.03. The van der Waals surface area contributed by atoms with Crippen LogP contribution in [0.5, 0.6) is 0 Å². The summed E-state index contributed by atoms with van der Waals surface area (Å²) in [6.45, 7) is 1.33. The molecule has 3 aromatic heterocycles. The van der Waals surface area contributed by atoms with Crippen molar-refractivity contribution in [1.29, 1.82) is 0 Å². The van der Waals surface area contributed by atoms with Gasteiger partial charge in [0, 0.05) is 6.92 Å². The summed E-state index contributed by atoms with van der Waals surface area (Å²) in [4.78, 5) is 46.5. The first-order valence-corrected chi connectivity index (χ1v) is 17.7. The van der Waals surface area contributed by atoms with Crippen molar-refractivity contribution in [3.05, 3.63) is 178 Å². The summed E-state index contributed by atoms with van der Waals surface area (Å²) < 4.78 is 0. The van der Waals surface area contributed by atoms with Crippen LogP contribution >= 0.6 is 0 Å². The smallest absolute Gasteiger partial charge is 0.657 e. The molecule has 1 radical (unpaired) electrons. The van der Waals surface area contributed by atoms with Gasteiger partial charge in [0.05, 0.1) is 16.3 Å². The van der Waals surface area contributed by atoms with E-state index in [1.807, 2.05) is 158 Å². The molecule has 5 heterocycles. The largest absolute Gasteiger partial charge is 2.00 e. The Morgan fingerprint density at radius 2 is 0.893 bits per heavy atom. The van der Waals surface area contributed by atoms with Crippen molar-refractivity contribution in [3.8, 4) is 44.5 Å². The number of nitrogens with one attached hydrogen (secondary N) is 1. The summed E-state index contributed by atoms with van der Waals surface area (Å²) in [5.74, 6) is -0.479. The molecular formula is C46H30CuN6O3. The van der Waals surface area contributed by atoms with Crippen LogP contribution in [0, 0.1) is 10.1 Å². The number of aromatic nitrogens is 4. The van der Waals surface area contributed by atoms with Gasteiger partial charge in [0.15, 0.2) is 5.69 Å². The molecular weight excluding hydrogens is 748 g/mol. The van der Waals surface area contributed by atoms with Crippen molar-refractivity contribution < 1.29 is 26.8 Å². The predicted octanol–water partition coefficient (Wildman–Crippen LogP) is 9.65. The molecule has 56 heavy (non-hydrogen) atoms. The van der Waals surface area contributed by atoms with Gasteiger partial charge < -0.3 is 15.3 Å². The molecule has 9 nitrogen and oxygen atoms in total. The number of benzene rings is 4. The fourth-order valence-corrected chi connectivity index (χ4v) is 7.29. The Kier molecular flexibility index (Phi) is 9.58. The van der Waals surface area contributed by atoms with Crippen molar-refractivity contribution in [2.45, 2.75) is 6.92 Å². The van der Waals surface area contributed by atoms with Crippen LogP contribution in [0.4, 0.5) is 0 Å². The van der Waals surface area contributed by atoms with Crippen LogP contribution in [0.15, 0.2) is 146 Å². The van der Waals surface area contributed by atoms with Gasteiger partial charge in [-0.3, -0.25) is 14.9 Å². The van der Waals surface area contributed by atoms with E-state index in [2.05, 4.69) is 5.32 Å². The number of hydrogen-bond donors (Lipinski definition) is 1. The minimum absolute atomic E-state index is 0. The normalized spacial score (nSPS) is 11.9. The predicted molar refractivity (Wildman–Crippen MR) is 217 cm³/mol. The molecule has 0 spiro atoms. The van der Waals surface area contributed by atoms with Crippen LogP contribution in [-0.2, 0) is 21.9 Å². The summed E-state index contributed by atoms with van der Waals surface area (Å²) in [7, 11) is 0. The zero-order chi connectivity index (χ0) is 37.5. The van der Waals surface area contributed by atoms with Gasteiger partial charge in [-0.15, -0.1) is 22.1 Å². The van der Waals surface area contributed by atoms with Gasteiger partial charge in [0.1, 0.15) is 11.4 Å². The zero-order valence-corrected chi connectivity index (χ0v) is 30.7. The standard InChI is InChI=1S/C46H31N6O3.Cu/c1-28(53)47-45-43-41(31-18-10-4-11-19-31)37-26-24-35(49-37)39(29-14-6-2-7-15-29)33-22-23-34(48-33)40(30-16-8-3-9-17-30)36-25-27-38(50-36)42(32-20-12-5-13-21-32)44(51-43)46(45)52(54)55;/h2-27H,1H3,(H2-,47,48,49,50,51,53);/q-1;+2/p-1. The maximum atomic E-state index is 13.3. The maximum absolute atomic E-state index is 13.3. The average molecular weight is 778 g/mol. The van der Waals surface area contributed by atoms with Crippen LogP contribution in [0.3, 0.4) is 0 Å². The number of nitrogens with zero attached hydrogens (tertiary/aromatic N) is 5. The van der Waals surface area contributed by atoms with Crippen LogP contribution in [0.1, 0.15) is 29.7 Å². The van der Waals surface area contributed by atoms with Gasteiger partial charge in [-0.2, -0.15) is 0 Å². The van der Waals surface area contributed by atoms with Crippen molar-refractivity contribution in [1.82, 2.24) is 25.3 Å². The Bertz CT molecular complexity index is 2880. The van der Waals surface area contributed by atoms with Gasteiger partial charge in [0.25, 0.3) is 0 Å². The minimum atomic E-state index is -0.484. The molecule has 8 bridgehead atoms. The van der Waals surface area contributed by atoms with Crippen LogP contribution in [0.2, 0.25) is 0 Å². The number of nitro groups is 1. The van der Waals surface area contributed by atoms with Crippen molar-refractivity contribution in [2.24, 2.45) is 0 Å². The third-order valence-electron chi connectivity index (χ3n) is 9.59. The Labute approximate surface area is 332 Å². The summed E-state index contributed by atoms with van der Waals surface area (Å²) in [5.41, 5.74) is 9.40. The van der Waals surface area contributed by atoms with E-state index in [-0.39, 0.29) is 39.9 Å². The fourth-order valence-electron chi connectivity index (χ4n) is 7.29. The molecule has 9 rings (SSSR count). The Hall–Kier alpha value is -7.13. The van der Waals surface area contributed by atoms with Crippen molar-refractivity contribution in [3.63, 3.8) is 0 Å². The minimum Gasteiger partial charge on any atom is -0.657 e. The molecule has 2 aliphatic heterocycles. The molecule has 1 amide bonds. The van der Waals surface area contributed by atoms with Gasteiger partial charge in [-0.05, 0) is 56.7 Å². The molecule has 1 N–H and O–H groups in total. The molecule has 0 saturated carbocycles. The van der Waals surface area contributed by atoms with Crippen LogP contribution < -0.4 is 15.3 Å². The van der Waals surface area contributed by atoms with E-state index in [0.29, 0.717) is 50.0 Å². The first kappa shape index (κ1) is 35.9. The van der Waals surface area contributed by atoms with E-state index in [0.717, 1.165) is 27.9 Å². The fraction of sp³-hybridized carbons (Fsp3) is 0.0217. The molecule has 2 aliphatic rings. The van der Waals surface area contributed by atoms with Crippen LogP contribution in [0.25, 0.3) is 90.1 Å². The molecule has 7 aromatic rings. The monoisotopic (exact) mass is 777 g/mol. The van der Waals surface area contributed by atoms with E-state index < -0.39 is 10.8 Å². The Morgan fingerprint density at radius 1 is 0.536 bits per heavy atom. The number of rotatable bonds is 6. The SMILES string of the molecule is CC(=O)NC1=C([N+](=O)[O-])c2nc1c(-c1ccccc1)c1ccc([n-]1)c(-c1ccccc1)c1nc(c(-c3ccccc3)c3ccc([n-]3)c2-c2ccccc2)C=C1.[Cu+2]. The Balaban J connectivity index is 0.00000441. The van der Waals surface area contributed by atoms with E-state index in [4.69, 9.17) is 19.9 Å². The van der Waals surface area contributed by atoms with Gasteiger partial charge in [-0.1, -0.05) is 146 Å². The first-order valence-electron chi connectivity index (χ1n) is 17.7. The second-order valence-electron chi connectivity index (χ2n) is 13.1. The van der Waals surface area contributed by atoms with Crippen LogP contribution in [-0.4, -0.2) is 20.8 Å². The molecule has 10 heteroatoms. The van der Waals surface area contributed by atoms with Crippen molar-refractivity contribution in [2.75, 3.05) is 0 Å². The maximum Gasteiger partial charge on any atom is 2.00 e. The topological polar surface area (TPSA) is 126 Å². The summed E-state index contributed by atoms with van der Waals surface area (Å²) >= 11 is 0. The Morgan fingerprint density at radius 3 is 1.27 bits per heavy atom. The number of carbonyl (C=O) groups excluding carboxylic acids is 1. The summed E-state index contributed by atoms with van der Waals surface area (Å²) in [5, 5.41) is 16.1. The van der Waals surface area contributed by atoms with E-state index in [1.54, 1.807) is 0 Å². The molecule has 0 saturated heterocycles. The first-order chi connectivity index (χ1) is 26.9. The molecule has 0 fully saturated rings. The van der Waals surface area contributed by atoms with E-state index in [1.165, 1.54) is 6.92 Å². The number of hydrogen-bond acceptors (Lipinski definition) is 5. The molecule has 0 aliphatic carbocycles. The second kappa shape index (κ2) is 14.9. The third kappa shape index (κ3) is 6.43. The van der Waals surface area contributed by atoms with E-state index >= 15 is 0 Å². The summed E-state index contributed by atoms with van der Waals surface area (Å²) in [6.07, 6.45) is 4.00. The second-order valence-corrected chi connectivity index (χ2v) is 13.1. The number of amides is 1. The molecule has 0 unspecified atom stereocenters. The zero-order valence-electron chi connectivity index (χ0n) is 29.8. The molecule has 273 valence electrons. The van der Waals surface area contributed by atoms with Gasteiger partial charge in [-0.25, -0.2) is 9.97 Å². The van der Waals surface area contributed by atoms with Gasteiger partial charge >= 0.3 is 22.8 Å². The third-order valence-corrected chi connectivity index (χ3v) is 9.59. The molecule has 0 atom stereocenters. The molecule has 4 aromatic carbocycles. The number of fused-ring (bicyclic) bond motifs is 8. The van der Waals surface area contributed by atoms with E-state index in [9.17, 15) is 14.9 Å². The quantitative estimate of drug-likeness (QED) is 0.101.